The molecule has 2 aromatic carbocycles. The van der Waals surface area contributed by atoms with Crippen LogP contribution in [0.15, 0.2) is 40.9 Å². The van der Waals surface area contributed by atoms with E-state index in [0.717, 1.165) is 17.6 Å². The molecule has 0 spiro atoms. The Balaban J connectivity index is 0.00000117. The molecule has 0 amide bonds. The Morgan fingerprint density at radius 2 is 1.88 bits per heavy atom. The van der Waals surface area contributed by atoms with Crippen LogP contribution in [0.4, 0.5) is 4.39 Å². The second-order valence-corrected chi connectivity index (χ2v) is 5.99. The summed E-state index contributed by atoms with van der Waals surface area (Å²) in [4.78, 5) is 11.6. The molecule has 0 atom stereocenters. The highest BCUT2D eigenvalue weighted by Gasteiger charge is 2.15. The second kappa shape index (κ2) is 8.88. The van der Waals surface area contributed by atoms with Gasteiger partial charge in [0.2, 0.25) is 5.88 Å². The van der Waals surface area contributed by atoms with Crippen molar-refractivity contribution in [2.75, 3.05) is 14.2 Å². The minimum Gasteiger partial charge on any atom is -0.465 e. The van der Waals surface area contributed by atoms with Gasteiger partial charge in [0, 0.05) is 22.4 Å². The molecule has 6 nitrogen and oxygen atoms in total. The molecule has 1 N–H and O–H groups in total. The number of benzene rings is 2. The summed E-state index contributed by atoms with van der Waals surface area (Å²) in [5, 5.41) is 16.3. The molecule has 0 aliphatic carbocycles. The number of methoxy groups -OCH3 is 1. The third-order valence-corrected chi connectivity index (χ3v) is 3.99. The zero-order chi connectivity index (χ0) is 19.3. The summed E-state index contributed by atoms with van der Waals surface area (Å²) in [7, 11) is 2.17. The molecule has 3 rings (SSSR count). The smallest absolute Gasteiger partial charge is 0.340 e. The van der Waals surface area contributed by atoms with Crippen molar-refractivity contribution in [3.05, 3.63) is 57.4 Å². The van der Waals surface area contributed by atoms with Crippen LogP contribution in [0.25, 0.3) is 10.8 Å². The zero-order valence-corrected chi connectivity index (χ0v) is 16.0. The van der Waals surface area contributed by atoms with Crippen molar-refractivity contribution in [1.82, 2.24) is 10.2 Å². The number of ether oxygens (including phenoxy) is 2. The Labute approximate surface area is 161 Å². The molecule has 0 fully saturated rings. The van der Waals surface area contributed by atoms with E-state index in [9.17, 15) is 9.18 Å². The molecule has 0 aliphatic heterocycles. The van der Waals surface area contributed by atoms with Gasteiger partial charge >= 0.3 is 5.97 Å². The van der Waals surface area contributed by atoms with Gasteiger partial charge in [-0.1, -0.05) is 27.5 Å². The lowest BCUT2D eigenvalue weighted by molar-refractivity contribution is 0.0595. The van der Waals surface area contributed by atoms with Gasteiger partial charge in [-0.15, -0.1) is 10.2 Å². The van der Waals surface area contributed by atoms with Crippen LogP contribution >= 0.6 is 27.5 Å². The molecule has 0 unspecified atom stereocenters. The van der Waals surface area contributed by atoms with Crippen molar-refractivity contribution in [3.8, 4) is 11.6 Å². The molecule has 26 heavy (non-hydrogen) atoms. The molecular formula is C17H13BrClFN2O4. The number of hydrogen-bond acceptors (Lipinski definition) is 6. The van der Waals surface area contributed by atoms with Crippen molar-refractivity contribution in [1.29, 1.82) is 0 Å². The Bertz CT molecular complexity index is 955. The van der Waals surface area contributed by atoms with Crippen LogP contribution in [0, 0.1) is 5.82 Å². The van der Waals surface area contributed by atoms with E-state index in [1.54, 1.807) is 18.2 Å². The highest BCUT2D eigenvalue weighted by atomic mass is 79.9. The lowest BCUT2D eigenvalue weighted by atomic mass is 10.2. The lowest BCUT2D eigenvalue weighted by Gasteiger charge is -2.09. The van der Waals surface area contributed by atoms with Crippen molar-refractivity contribution >= 4 is 44.3 Å². The molecule has 0 bridgehead atoms. The van der Waals surface area contributed by atoms with Crippen LogP contribution in [0.3, 0.4) is 0 Å². The summed E-state index contributed by atoms with van der Waals surface area (Å²) in [6, 6.07) is 9.08. The van der Waals surface area contributed by atoms with Crippen molar-refractivity contribution in [2.24, 2.45) is 0 Å². The fraction of sp³-hybridized carbons (Fsp3) is 0.118. The fourth-order valence-electron chi connectivity index (χ4n) is 2.09. The van der Waals surface area contributed by atoms with E-state index < -0.39 is 11.8 Å². The first kappa shape index (κ1) is 20.0. The SMILES string of the molecule is CO.COC(=O)c1cc(Oc2nnc(Cl)c3cc(Br)ccc23)ccc1F. The number of aromatic nitrogens is 2. The number of aliphatic hydroxyl groups excluding tert-OH is 1. The largest absolute Gasteiger partial charge is 0.465 e. The number of hydrogen-bond donors (Lipinski definition) is 1. The summed E-state index contributed by atoms with van der Waals surface area (Å²) in [5.41, 5.74) is -0.232. The number of nitrogens with zero attached hydrogens (tertiary/aromatic N) is 2. The maximum Gasteiger partial charge on any atom is 0.340 e. The zero-order valence-electron chi connectivity index (χ0n) is 13.7. The standard InChI is InChI=1S/C16H9BrClFN2O3.CH4O/c1-23-16(22)12-7-9(3-5-13(12)19)24-15-10-4-2-8(17)6-11(10)14(18)20-21-15;1-2/h2-7H,1H3;2H,1H3. The number of fused-ring (bicyclic) bond motifs is 1. The van der Waals surface area contributed by atoms with Gasteiger partial charge in [0.05, 0.1) is 12.7 Å². The summed E-state index contributed by atoms with van der Waals surface area (Å²) < 4.78 is 24.7. The first-order valence-electron chi connectivity index (χ1n) is 7.11. The maximum absolute atomic E-state index is 13.7. The summed E-state index contributed by atoms with van der Waals surface area (Å²) in [6.07, 6.45) is 0. The van der Waals surface area contributed by atoms with E-state index in [4.69, 9.17) is 21.4 Å². The number of carbonyl (C=O) groups is 1. The molecule has 1 heterocycles. The van der Waals surface area contributed by atoms with Crippen LogP contribution in [-0.4, -0.2) is 35.5 Å². The normalized spacial score (nSPS) is 10.1. The number of carbonyl (C=O) groups excluding carboxylic acids is 1. The highest BCUT2D eigenvalue weighted by Crippen LogP contribution is 2.33. The minimum atomic E-state index is -0.797. The Kier molecular flexibility index (Phi) is 6.84. The fourth-order valence-corrected chi connectivity index (χ4v) is 2.65. The van der Waals surface area contributed by atoms with E-state index >= 15 is 0 Å². The molecular weight excluding hydrogens is 431 g/mol. The molecule has 1 aromatic heterocycles. The van der Waals surface area contributed by atoms with Gasteiger partial charge in [0.1, 0.15) is 11.6 Å². The number of rotatable bonds is 3. The van der Waals surface area contributed by atoms with E-state index in [0.29, 0.717) is 10.8 Å². The van der Waals surface area contributed by atoms with E-state index in [1.807, 2.05) is 0 Å². The van der Waals surface area contributed by atoms with Crippen LogP contribution in [-0.2, 0) is 4.74 Å². The monoisotopic (exact) mass is 442 g/mol. The Morgan fingerprint density at radius 1 is 1.15 bits per heavy atom. The van der Waals surface area contributed by atoms with E-state index in [-0.39, 0.29) is 22.3 Å². The van der Waals surface area contributed by atoms with E-state index in [1.165, 1.54) is 19.2 Å². The molecule has 0 saturated heterocycles. The van der Waals surface area contributed by atoms with Crippen LogP contribution in [0.1, 0.15) is 10.4 Å². The Hall–Kier alpha value is -2.29. The lowest BCUT2D eigenvalue weighted by Crippen LogP contribution is -2.04. The van der Waals surface area contributed by atoms with Gasteiger partial charge in [-0.05, 0) is 36.4 Å². The topological polar surface area (TPSA) is 81.5 Å². The van der Waals surface area contributed by atoms with Gasteiger partial charge in [0.15, 0.2) is 5.15 Å². The Morgan fingerprint density at radius 3 is 2.58 bits per heavy atom. The van der Waals surface area contributed by atoms with Gasteiger partial charge < -0.3 is 14.6 Å². The average molecular weight is 444 g/mol. The van der Waals surface area contributed by atoms with Crippen molar-refractivity contribution < 1.29 is 23.8 Å². The van der Waals surface area contributed by atoms with Gasteiger partial charge in [-0.2, -0.15) is 0 Å². The maximum atomic E-state index is 13.7. The number of aliphatic hydroxyl groups is 1. The third kappa shape index (κ3) is 4.27. The van der Waals surface area contributed by atoms with Crippen LogP contribution in [0.5, 0.6) is 11.6 Å². The third-order valence-electron chi connectivity index (χ3n) is 3.22. The molecule has 136 valence electrons. The van der Waals surface area contributed by atoms with E-state index in [2.05, 4.69) is 30.9 Å². The summed E-state index contributed by atoms with van der Waals surface area (Å²) >= 11 is 9.41. The van der Waals surface area contributed by atoms with Crippen LogP contribution < -0.4 is 4.74 Å². The first-order valence-corrected chi connectivity index (χ1v) is 8.28. The van der Waals surface area contributed by atoms with Crippen molar-refractivity contribution in [2.45, 2.75) is 0 Å². The summed E-state index contributed by atoms with van der Waals surface area (Å²) in [5.74, 6) is -1.10. The molecule has 9 heteroatoms. The summed E-state index contributed by atoms with van der Waals surface area (Å²) in [6.45, 7) is 0. The quantitative estimate of drug-likeness (QED) is 0.605. The number of esters is 1. The predicted molar refractivity (Wildman–Crippen MR) is 98.2 cm³/mol. The van der Waals surface area contributed by atoms with Gasteiger partial charge in [-0.25, -0.2) is 9.18 Å². The van der Waals surface area contributed by atoms with Crippen LogP contribution in [0.2, 0.25) is 5.15 Å². The predicted octanol–water partition coefficient (Wildman–Crippen LogP) is 4.37. The average Bonchev–Trinajstić information content (AvgIpc) is 2.66. The second-order valence-electron chi connectivity index (χ2n) is 4.72. The molecule has 0 saturated carbocycles. The minimum absolute atomic E-state index is 0.185. The first-order chi connectivity index (χ1) is 12.5. The van der Waals surface area contributed by atoms with Gasteiger partial charge in [0.25, 0.3) is 0 Å². The number of halogens is 3. The molecule has 0 aliphatic rings. The highest BCUT2D eigenvalue weighted by molar-refractivity contribution is 9.10. The molecule has 0 radical (unpaired) electrons. The van der Waals surface area contributed by atoms with Crippen molar-refractivity contribution in [3.63, 3.8) is 0 Å². The molecule has 3 aromatic rings. The van der Waals surface area contributed by atoms with Gasteiger partial charge in [-0.3, -0.25) is 0 Å².